The molecule has 3 aromatic rings. The van der Waals surface area contributed by atoms with Crippen LogP contribution in [0, 0.1) is 13.8 Å². The lowest BCUT2D eigenvalue weighted by Gasteiger charge is -2.29. The zero-order valence-electron chi connectivity index (χ0n) is 24.8. The summed E-state index contributed by atoms with van der Waals surface area (Å²) in [5.74, 6) is 2.03. The minimum atomic E-state index is -0.581. The zero-order chi connectivity index (χ0) is 29.8. The van der Waals surface area contributed by atoms with E-state index in [0.717, 1.165) is 60.5 Å². The van der Waals surface area contributed by atoms with Gasteiger partial charge in [0.2, 0.25) is 11.1 Å². The standard InChI is InChI=1S/C31H38N6O4S/c1-6-42-31-34-30-32-21(4)27(29(39)33-23-12-10-11-19(2)20(23)3)28(37(30)35-31)22-13-14-24(25(17-22)40-5)41-18-26(38)36-15-8-7-9-16-36/h10-14,17,28H,6-9,15-16,18H2,1-5H3,(H,33,39)(H,32,34,35). The number of likely N-dealkylation sites (tertiary alicyclic amines) is 1. The molecule has 5 rings (SSSR count). The van der Waals surface area contributed by atoms with Gasteiger partial charge in [0.25, 0.3) is 11.8 Å². The average Bonchev–Trinajstić information content (AvgIpc) is 3.39. The van der Waals surface area contributed by atoms with Gasteiger partial charge < -0.3 is 25.0 Å². The average molecular weight is 591 g/mol. The van der Waals surface area contributed by atoms with Crippen molar-refractivity contribution in [2.75, 3.05) is 43.2 Å². The van der Waals surface area contributed by atoms with Crippen LogP contribution in [0.5, 0.6) is 11.5 Å². The molecule has 0 aliphatic carbocycles. The molecule has 0 bridgehead atoms. The molecule has 2 aliphatic heterocycles. The van der Waals surface area contributed by atoms with E-state index in [4.69, 9.17) is 14.6 Å². The first-order valence-corrected chi connectivity index (χ1v) is 15.3. The van der Waals surface area contributed by atoms with Gasteiger partial charge in [-0.3, -0.25) is 9.59 Å². The van der Waals surface area contributed by atoms with E-state index in [0.29, 0.717) is 33.9 Å². The number of methoxy groups -OCH3 is 1. The van der Waals surface area contributed by atoms with Gasteiger partial charge in [0.05, 0.1) is 12.7 Å². The maximum Gasteiger partial charge on any atom is 0.260 e. The molecule has 0 radical (unpaired) electrons. The molecule has 1 fully saturated rings. The number of nitrogens with zero attached hydrogens (tertiary/aromatic N) is 4. The monoisotopic (exact) mass is 590 g/mol. The Balaban J connectivity index is 1.48. The molecule has 2 aromatic carbocycles. The van der Waals surface area contributed by atoms with Crippen LogP contribution >= 0.6 is 11.8 Å². The van der Waals surface area contributed by atoms with Crippen molar-refractivity contribution in [3.8, 4) is 11.5 Å². The highest BCUT2D eigenvalue weighted by Gasteiger charge is 2.35. The summed E-state index contributed by atoms with van der Waals surface area (Å²) in [5, 5.41) is 11.8. The van der Waals surface area contributed by atoms with E-state index in [1.807, 2.05) is 62.9 Å². The summed E-state index contributed by atoms with van der Waals surface area (Å²) in [4.78, 5) is 33.2. The molecule has 222 valence electrons. The second-order valence-electron chi connectivity index (χ2n) is 10.5. The zero-order valence-corrected chi connectivity index (χ0v) is 25.6. The fourth-order valence-electron chi connectivity index (χ4n) is 5.35. The highest BCUT2D eigenvalue weighted by molar-refractivity contribution is 7.99. The van der Waals surface area contributed by atoms with Crippen LogP contribution in [-0.2, 0) is 9.59 Å². The Morgan fingerprint density at radius 1 is 1.10 bits per heavy atom. The molecule has 0 saturated carbocycles. The first-order chi connectivity index (χ1) is 20.3. The van der Waals surface area contributed by atoms with Gasteiger partial charge >= 0.3 is 0 Å². The lowest BCUT2D eigenvalue weighted by atomic mass is 9.94. The number of amides is 2. The number of thioether (sulfide) groups is 1. The van der Waals surface area contributed by atoms with Crippen molar-refractivity contribution >= 4 is 35.2 Å². The maximum atomic E-state index is 13.9. The molecular formula is C31H38N6O4S. The van der Waals surface area contributed by atoms with Crippen LogP contribution in [-0.4, -0.2) is 64.0 Å². The number of allylic oxidation sites excluding steroid dienone is 1. The van der Waals surface area contributed by atoms with Crippen molar-refractivity contribution in [2.24, 2.45) is 0 Å². The van der Waals surface area contributed by atoms with E-state index in [1.54, 1.807) is 17.9 Å². The number of ether oxygens (including phenoxy) is 2. The normalized spacial score (nSPS) is 16.5. The number of benzene rings is 2. The molecule has 2 amide bonds. The third-order valence-corrected chi connectivity index (χ3v) is 8.49. The first kappa shape index (κ1) is 29.5. The maximum absolute atomic E-state index is 13.9. The van der Waals surface area contributed by atoms with E-state index in [1.165, 1.54) is 11.8 Å². The van der Waals surface area contributed by atoms with E-state index >= 15 is 0 Å². The lowest BCUT2D eigenvalue weighted by Crippen LogP contribution is -2.38. The number of hydrogen-bond donors (Lipinski definition) is 2. The number of aromatic nitrogens is 3. The minimum Gasteiger partial charge on any atom is -0.493 e. The molecule has 10 nitrogen and oxygen atoms in total. The second-order valence-corrected chi connectivity index (χ2v) is 11.7. The number of carbonyl (C=O) groups excluding carboxylic acids is 2. The van der Waals surface area contributed by atoms with Crippen LogP contribution in [0.4, 0.5) is 11.6 Å². The Bertz CT molecular complexity index is 1510. The van der Waals surface area contributed by atoms with Crippen molar-refractivity contribution in [1.29, 1.82) is 0 Å². The van der Waals surface area contributed by atoms with Gasteiger partial charge in [0.1, 0.15) is 6.04 Å². The second kappa shape index (κ2) is 12.9. The number of hydrogen-bond acceptors (Lipinski definition) is 8. The fourth-order valence-corrected chi connectivity index (χ4v) is 5.90. The van der Waals surface area contributed by atoms with Gasteiger partial charge in [-0.25, -0.2) is 4.68 Å². The molecule has 3 heterocycles. The van der Waals surface area contributed by atoms with Crippen molar-refractivity contribution < 1.29 is 19.1 Å². The van der Waals surface area contributed by atoms with Crippen LogP contribution in [0.15, 0.2) is 52.8 Å². The quantitative estimate of drug-likeness (QED) is 0.322. The van der Waals surface area contributed by atoms with Crippen molar-refractivity contribution in [2.45, 2.75) is 58.2 Å². The van der Waals surface area contributed by atoms with E-state index < -0.39 is 6.04 Å². The summed E-state index contributed by atoms with van der Waals surface area (Å²) in [7, 11) is 1.56. The third kappa shape index (κ3) is 6.11. The number of nitrogens with one attached hydrogen (secondary N) is 2. The molecule has 2 N–H and O–H groups in total. The predicted octanol–water partition coefficient (Wildman–Crippen LogP) is 5.33. The molecular weight excluding hydrogens is 552 g/mol. The van der Waals surface area contributed by atoms with Crippen LogP contribution < -0.4 is 20.1 Å². The summed E-state index contributed by atoms with van der Waals surface area (Å²) >= 11 is 1.53. The van der Waals surface area contributed by atoms with Crippen LogP contribution in [0.3, 0.4) is 0 Å². The van der Waals surface area contributed by atoms with Crippen LogP contribution in [0.25, 0.3) is 0 Å². The molecule has 11 heteroatoms. The number of fused-ring (bicyclic) bond motifs is 1. The summed E-state index contributed by atoms with van der Waals surface area (Å²) < 4.78 is 13.4. The Kier molecular flexibility index (Phi) is 9.06. The SMILES string of the molecule is CCSc1nc2n(n1)C(c1ccc(OCC(=O)N3CCCCC3)c(OC)c1)C(C(=O)Nc1cccc(C)c1C)=C(C)N2. The molecule has 0 spiro atoms. The van der Waals surface area contributed by atoms with E-state index in [2.05, 4.69) is 15.6 Å². The number of aryl methyl sites for hydroxylation is 1. The molecule has 1 atom stereocenters. The van der Waals surface area contributed by atoms with Gasteiger partial charge in [-0.05, 0) is 80.7 Å². The van der Waals surface area contributed by atoms with Gasteiger partial charge in [-0.1, -0.05) is 36.9 Å². The molecule has 1 saturated heterocycles. The minimum absolute atomic E-state index is 0.0312. The van der Waals surface area contributed by atoms with Crippen LogP contribution in [0.2, 0.25) is 0 Å². The van der Waals surface area contributed by atoms with Crippen molar-refractivity contribution in [1.82, 2.24) is 19.7 Å². The third-order valence-electron chi connectivity index (χ3n) is 7.77. The Morgan fingerprint density at radius 2 is 1.88 bits per heavy atom. The van der Waals surface area contributed by atoms with Gasteiger partial charge in [-0.15, -0.1) is 5.10 Å². The van der Waals surface area contributed by atoms with E-state index in [9.17, 15) is 9.59 Å². The number of piperidine rings is 1. The van der Waals surface area contributed by atoms with Crippen molar-refractivity contribution in [3.63, 3.8) is 0 Å². The first-order valence-electron chi connectivity index (χ1n) is 14.3. The summed E-state index contributed by atoms with van der Waals surface area (Å²) in [6.45, 7) is 9.41. The van der Waals surface area contributed by atoms with Crippen LogP contribution in [0.1, 0.15) is 55.8 Å². The smallest absolute Gasteiger partial charge is 0.260 e. The number of carbonyl (C=O) groups is 2. The number of rotatable bonds is 9. The lowest BCUT2D eigenvalue weighted by molar-refractivity contribution is -0.134. The topological polar surface area (TPSA) is 111 Å². The summed E-state index contributed by atoms with van der Waals surface area (Å²) in [6.07, 6.45) is 3.20. The van der Waals surface area contributed by atoms with Gasteiger partial charge in [0, 0.05) is 24.5 Å². The highest BCUT2D eigenvalue weighted by Crippen LogP contribution is 2.40. The molecule has 2 aliphatic rings. The summed E-state index contributed by atoms with van der Waals surface area (Å²) in [5.41, 5.74) is 4.82. The predicted molar refractivity (Wildman–Crippen MR) is 164 cm³/mol. The van der Waals surface area contributed by atoms with Crippen molar-refractivity contribution in [3.05, 3.63) is 64.4 Å². The number of anilines is 2. The largest absolute Gasteiger partial charge is 0.493 e. The van der Waals surface area contributed by atoms with Gasteiger partial charge in [-0.2, -0.15) is 4.98 Å². The summed E-state index contributed by atoms with van der Waals surface area (Å²) in [6, 6.07) is 10.8. The Labute approximate surface area is 250 Å². The Morgan fingerprint density at radius 3 is 2.62 bits per heavy atom. The van der Waals surface area contributed by atoms with E-state index in [-0.39, 0.29) is 18.4 Å². The highest BCUT2D eigenvalue weighted by atomic mass is 32.2. The molecule has 1 aromatic heterocycles. The molecule has 1 unspecified atom stereocenters. The molecule has 42 heavy (non-hydrogen) atoms. The Hall–Kier alpha value is -3.99. The fraction of sp³-hybridized carbons (Fsp3) is 0.419. The van der Waals surface area contributed by atoms with Gasteiger partial charge in [0.15, 0.2) is 18.1 Å².